The average molecular weight is 239 g/mol. The topological polar surface area (TPSA) is 29.3 Å². The predicted molar refractivity (Wildman–Crippen MR) is 70.1 cm³/mol. The highest BCUT2D eigenvalue weighted by Crippen LogP contribution is 2.29. The number of anilines is 1. The molecule has 0 bridgehead atoms. The van der Waals surface area contributed by atoms with Gasteiger partial charge in [-0.15, -0.1) is 0 Å². The summed E-state index contributed by atoms with van der Waals surface area (Å²) in [6, 6.07) is 8.74. The van der Waals surface area contributed by atoms with Crippen LogP contribution in [0.4, 0.5) is 5.69 Å². The smallest absolute Gasteiger partial charge is 0.0426 e. The molecule has 0 heterocycles. The lowest BCUT2D eigenvalue weighted by molar-refractivity contribution is 0.609. The van der Waals surface area contributed by atoms with Crippen LogP contribution in [0.25, 0.3) is 0 Å². The molecule has 0 unspecified atom stereocenters. The number of nitrogens with two attached hydrogens (primary N) is 1. The third-order valence-corrected chi connectivity index (χ3v) is 3.51. The highest BCUT2D eigenvalue weighted by molar-refractivity contribution is 6.30. The first-order valence-electron chi connectivity index (χ1n) is 6.03. The van der Waals surface area contributed by atoms with Crippen molar-refractivity contribution in [1.82, 2.24) is 0 Å². The van der Waals surface area contributed by atoms with E-state index in [1.165, 1.54) is 31.4 Å². The van der Waals surface area contributed by atoms with Crippen molar-refractivity contribution in [3.63, 3.8) is 0 Å². The minimum absolute atomic E-state index is 0.655. The van der Waals surface area contributed by atoms with Crippen LogP contribution < -0.4 is 10.6 Å². The van der Waals surface area contributed by atoms with E-state index in [1.54, 1.807) is 0 Å². The summed E-state index contributed by atoms with van der Waals surface area (Å²) in [5.74, 6) is 0. The minimum atomic E-state index is 0.655. The average Bonchev–Trinajstić information content (AvgIpc) is 2.79. The van der Waals surface area contributed by atoms with Gasteiger partial charge >= 0.3 is 0 Å². The fourth-order valence-electron chi connectivity index (χ4n) is 2.53. The van der Waals surface area contributed by atoms with Crippen molar-refractivity contribution in [1.29, 1.82) is 0 Å². The van der Waals surface area contributed by atoms with Gasteiger partial charge in [0.15, 0.2) is 0 Å². The Morgan fingerprint density at radius 2 is 2.06 bits per heavy atom. The van der Waals surface area contributed by atoms with Gasteiger partial charge in [-0.2, -0.15) is 0 Å². The molecule has 1 fully saturated rings. The van der Waals surface area contributed by atoms with Crippen LogP contribution >= 0.6 is 11.6 Å². The van der Waals surface area contributed by atoms with Gasteiger partial charge < -0.3 is 10.6 Å². The van der Waals surface area contributed by atoms with E-state index in [0.717, 1.165) is 11.6 Å². The second-order valence-corrected chi connectivity index (χ2v) is 4.84. The van der Waals surface area contributed by atoms with E-state index in [4.69, 9.17) is 17.3 Å². The van der Waals surface area contributed by atoms with Crippen molar-refractivity contribution in [3.8, 4) is 0 Å². The Bertz CT molecular complexity index is 334. The number of nitrogens with zero attached hydrogens (tertiary/aromatic N) is 1. The lowest BCUT2D eigenvalue weighted by atomic mass is 10.1. The van der Waals surface area contributed by atoms with E-state index in [0.29, 0.717) is 12.6 Å². The summed E-state index contributed by atoms with van der Waals surface area (Å²) >= 11 is 6.04. The van der Waals surface area contributed by atoms with Crippen LogP contribution in [0.3, 0.4) is 0 Å². The molecule has 2 nitrogen and oxygen atoms in total. The molecule has 0 aliphatic heterocycles. The van der Waals surface area contributed by atoms with Gasteiger partial charge in [0, 0.05) is 29.8 Å². The molecule has 1 saturated carbocycles. The maximum Gasteiger partial charge on any atom is 0.0426 e. The van der Waals surface area contributed by atoms with Gasteiger partial charge in [-0.3, -0.25) is 0 Å². The summed E-state index contributed by atoms with van der Waals surface area (Å²) < 4.78 is 0. The van der Waals surface area contributed by atoms with Crippen LogP contribution in [-0.4, -0.2) is 19.1 Å². The van der Waals surface area contributed by atoms with Crippen LogP contribution in [0.2, 0.25) is 5.02 Å². The molecule has 0 saturated heterocycles. The molecule has 2 N–H and O–H groups in total. The molecule has 0 atom stereocenters. The molecule has 0 amide bonds. The molecule has 0 aromatic heterocycles. The molecule has 3 heteroatoms. The Balaban J connectivity index is 2.17. The van der Waals surface area contributed by atoms with Crippen molar-refractivity contribution in [2.75, 3.05) is 18.0 Å². The van der Waals surface area contributed by atoms with Gasteiger partial charge in [-0.05, 0) is 31.0 Å². The van der Waals surface area contributed by atoms with E-state index in [9.17, 15) is 0 Å². The number of halogens is 1. The first-order valence-corrected chi connectivity index (χ1v) is 6.41. The van der Waals surface area contributed by atoms with Crippen molar-refractivity contribution >= 4 is 17.3 Å². The predicted octanol–water partition coefficient (Wildman–Crippen LogP) is 3.05. The SMILES string of the molecule is NCCN(c1cccc(Cl)c1)C1CCCC1. The quantitative estimate of drug-likeness (QED) is 0.874. The molecular weight excluding hydrogens is 220 g/mol. The Morgan fingerprint density at radius 1 is 1.31 bits per heavy atom. The number of hydrogen-bond donors (Lipinski definition) is 1. The zero-order valence-electron chi connectivity index (χ0n) is 9.53. The fourth-order valence-corrected chi connectivity index (χ4v) is 2.72. The largest absolute Gasteiger partial charge is 0.367 e. The number of rotatable bonds is 4. The van der Waals surface area contributed by atoms with Crippen LogP contribution in [0.1, 0.15) is 25.7 Å². The van der Waals surface area contributed by atoms with E-state index < -0.39 is 0 Å². The van der Waals surface area contributed by atoms with Gasteiger partial charge in [0.25, 0.3) is 0 Å². The second-order valence-electron chi connectivity index (χ2n) is 4.40. The summed E-state index contributed by atoms with van der Waals surface area (Å²) in [7, 11) is 0. The summed E-state index contributed by atoms with van der Waals surface area (Å²) in [5, 5.41) is 0.803. The van der Waals surface area contributed by atoms with Gasteiger partial charge in [0.2, 0.25) is 0 Å². The van der Waals surface area contributed by atoms with Gasteiger partial charge in [0.1, 0.15) is 0 Å². The van der Waals surface area contributed by atoms with Crippen molar-refractivity contribution < 1.29 is 0 Å². The van der Waals surface area contributed by atoms with E-state index in [1.807, 2.05) is 18.2 Å². The molecule has 1 aromatic rings. The summed E-state index contributed by atoms with van der Waals surface area (Å²) in [6.45, 7) is 1.62. The third kappa shape index (κ3) is 2.69. The molecule has 16 heavy (non-hydrogen) atoms. The lowest BCUT2D eigenvalue weighted by Crippen LogP contribution is -2.37. The van der Waals surface area contributed by atoms with Gasteiger partial charge in [0.05, 0.1) is 0 Å². The minimum Gasteiger partial charge on any atom is -0.367 e. The maximum atomic E-state index is 6.04. The number of benzene rings is 1. The van der Waals surface area contributed by atoms with Gasteiger partial charge in [-0.1, -0.05) is 30.5 Å². The molecule has 88 valence electrons. The third-order valence-electron chi connectivity index (χ3n) is 3.28. The summed E-state index contributed by atoms with van der Waals surface area (Å²) in [5.41, 5.74) is 6.91. The van der Waals surface area contributed by atoms with Gasteiger partial charge in [-0.25, -0.2) is 0 Å². The highest BCUT2D eigenvalue weighted by atomic mass is 35.5. The second kappa shape index (κ2) is 5.55. The highest BCUT2D eigenvalue weighted by Gasteiger charge is 2.22. The Hall–Kier alpha value is -0.730. The lowest BCUT2D eigenvalue weighted by Gasteiger charge is -2.30. The van der Waals surface area contributed by atoms with E-state index in [-0.39, 0.29) is 0 Å². The van der Waals surface area contributed by atoms with Crippen LogP contribution in [0, 0.1) is 0 Å². The molecule has 2 rings (SSSR count). The molecule has 1 aliphatic rings. The first-order chi connectivity index (χ1) is 7.81. The summed E-state index contributed by atoms with van der Waals surface area (Å²) in [4.78, 5) is 2.42. The number of hydrogen-bond acceptors (Lipinski definition) is 2. The maximum absolute atomic E-state index is 6.04. The molecule has 1 aliphatic carbocycles. The molecule has 0 radical (unpaired) electrons. The first kappa shape index (κ1) is 11.7. The van der Waals surface area contributed by atoms with E-state index >= 15 is 0 Å². The summed E-state index contributed by atoms with van der Waals surface area (Å²) in [6.07, 6.45) is 5.25. The van der Waals surface area contributed by atoms with E-state index in [2.05, 4.69) is 11.0 Å². The monoisotopic (exact) mass is 238 g/mol. The van der Waals surface area contributed by atoms with Crippen LogP contribution in [0.5, 0.6) is 0 Å². The normalized spacial score (nSPS) is 16.6. The van der Waals surface area contributed by atoms with Crippen molar-refractivity contribution in [3.05, 3.63) is 29.3 Å². The van der Waals surface area contributed by atoms with Crippen molar-refractivity contribution in [2.24, 2.45) is 5.73 Å². The van der Waals surface area contributed by atoms with Crippen LogP contribution in [0.15, 0.2) is 24.3 Å². The fraction of sp³-hybridized carbons (Fsp3) is 0.538. The standard InChI is InChI=1S/C13H19ClN2/c14-11-4-3-7-13(10-11)16(9-8-15)12-5-1-2-6-12/h3-4,7,10,12H,1-2,5-6,8-9,15H2. The Labute approximate surface area is 102 Å². The zero-order valence-corrected chi connectivity index (χ0v) is 10.3. The molecule has 0 spiro atoms. The zero-order chi connectivity index (χ0) is 11.4. The Morgan fingerprint density at radius 3 is 2.69 bits per heavy atom. The molecule has 1 aromatic carbocycles. The Kier molecular flexibility index (Phi) is 4.08. The van der Waals surface area contributed by atoms with Crippen molar-refractivity contribution in [2.45, 2.75) is 31.7 Å². The van der Waals surface area contributed by atoms with Crippen LogP contribution in [-0.2, 0) is 0 Å². The molecular formula is C13H19ClN2.